The molecule has 2 nitrogen and oxygen atoms in total. The van der Waals surface area contributed by atoms with Crippen molar-refractivity contribution >= 4 is 21.7 Å². The molecule has 0 spiro atoms. The number of hydrogen-bond acceptors (Lipinski definition) is 2. The Balaban J connectivity index is 3.58. The second kappa shape index (κ2) is 4.45. The molecule has 0 bridgehead atoms. The minimum Gasteiger partial charge on any atom is -0.496 e. The van der Waals surface area contributed by atoms with Gasteiger partial charge in [0.2, 0.25) is 0 Å². The zero-order chi connectivity index (χ0) is 12.5. The van der Waals surface area contributed by atoms with Crippen LogP contribution in [-0.4, -0.2) is 12.9 Å². The van der Waals surface area contributed by atoms with Gasteiger partial charge in [-0.3, -0.25) is 4.79 Å². The summed E-state index contributed by atoms with van der Waals surface area (Å²) in [6, 6.07) is 2.31. The van der Waals surface area contributed by atoms with Crippen LogP contribution in [0.15, 0.2) is 16.6 Å². The summed E-state index contributed by atoms with van der Waals surface area (Å²) < 4.78 is 43.2. The van der Waals surface area contributed by atoms with Crippen molar-refractivity contribution in [3.63, 3.8) is 0 Å². The van der Waals surface area contributed by atoms with Crippen molar-refractivity contribution in [1.29, 1.82) is 0 Å². The fourth-order valence-electron chi connectivity index (χ4n) is 1.31. The van der Waals surface area contributed by atoms with E-state index in [9.17, 15) is 18.0 Å². The second-order valence-corrected chi connectivity index (χ2v) is 4.00. The number of ether oxygens (including phenoxy) is 1. The molecule has 0 aromatic heterocycles. The van der Waals surface area contributed by atoms with Crippen LogP contribution in [0, 0.1) is 0 Å². The number of ketones is 1. The molecule has 0 saturated carbocycles. The van der Waals surface area contributed by atoms with E-state index in [1.807, 2.05) is 0 Å². The highest BCUT2D eigenvalue weighted by Gasteiger charge is 2.38. The van der Waals surface area contributed by atoms with E-state index in [1.165, 1.54) is 6.07 Å². The van der Waals surface area contributed by atoms with Gasteiger partial charge in [-0.15, -0.1) is 0 Å². The van der Waals surface area contributed by atoms with Gasteiger partial charge in [-0.05, 0) is 19.1 Å². The lowest BCUT2D eigenvalue weighted by Gasteiger charge is -2.15. The zero-order valence-electron chi connectivity index (χ0n) is 8.48. The molecule has 0 saturated heterocycles. The molecule has 0 N–H and O–H groups in total. The van der Waals surface area contributed by atoms with Crippen molar-refractivity contribution < 1.29 is 22.7 Å². The summed E-state index contributed by atoms with van der Waals surface area (Å²) >= 11 is 3.02. The Labute approximate surface area is 98.5 Å². The van der Waals surface area contributed by atoms with Crippen LogP contribution in [0.25, 0.3) is 0 Å². The fourth-order valence-corrected chi connectivity index (χ4v) is 1.75. The third-order valence-corrected chi connectivity index (χ3v) is 2.41. The summed E-state index contributed by atoms with van der Waals surface area (Å²) in [5, 5.41) is 0. The van der Waals surface area contributed by atoms with Gasteiger partial charge >= 0.3 is 6.18 Å². The lowest BCUT2D eigenvalue weighted by molar-refractivity contribution is -0.139. The number of rotatable bonds is 2. The summed E-state index contributed by atoms with van der Waals surface area (Å²) in [6.45, 7) is 1.08. The van der Waals surface area contributed by atoms with E-state index in [-0.39, 0.29) is 5.75 Å². The van der Waals surface area contributed by atoms with Gasteiger partial charge in [-0.2, -0.15) is 13.2 Å². The molecule has 0 aliphatic carbocycles. The molecule has 88 valence electrons. The van der Waals surface area contributed by atoms with Gasteiger partial charge in [0, 0.05) is 10.0 Å². The monoisotopic (exact) mass is 296 g/mol. The Hall–Kier alpha value is -1.04. The molecule has 6 heteroatoms. The highest BCUT2D eigenvalue weighted by Crippen LogP contribution is 2.40. The van der Waals surface area contributed by atoms with E-state index in [0.29, 0.717) is 4.47 Å². The van der Waals surface area contributed by atoms with E-state index in [4.69, 9.17) is 0 Å². The van der Waals surface area contributed by atoms with Gasteiger partial charge in [-0.1, -0.05) is 15.9 Å². The highest BCUT2D eigenvalue weighted by atomic mass is 79.9. The first kappa shape index (κ1) is 13.0. The van der Waals surface area contributed by atoms with Gasteiger partial charge in [0.25, 0.3) is 0 Å². The summed E-state index contributed by atoms with van der Waals surface area (Å²) in [5.41, 5.74) is -1.44. The van der Waals surface area contributed by atoms with Gasteiger partial charge in [0.05, 0.1) is 7.11 Å². The molecule has 1 aromatic carbocycles. The number of Topliss-reactive ketones (excluding diaryl/α,β-unsaturated/α-hetero) is 1. The Kier molecular flexibility index (Phi) is 3.62. The topological polar surface area (TPSA) is 26.3 Å². The zero-order valence-corrected chi connectivity index (χ0v) is 10.1. The Morgan fingerprint density at radius 1 is 1.38 bits per heavy atom. The Morgan fingerprint density at radius 2 is 1.94 bits per heavy atom. The normalized spacial score (nSPS) is 11.4. The third-order valence-electron chi connectivity index (χ3n) is 1.95. The first-order chi connectivity index (χ1) is 7.27. The van der Waals surface area contributed by atoms with Crippen molar-refractivity contribution in [2.45, 2.75) is 13.1 Å². The van der Waals surface area contributed by atoms with Crippen LogP contribution in [0.2, 0.25) is 0 Å². The predicted molar refractivity (Wildman–Crippen MR) is 55.7 cm³/mol. The number of methoxy groups -OCH3 is 1. The van der Waals surface area contributed by atoms with E-state index in [2.05, 4.69) is 20.7 Å². The van der Waals surface area contributed by atoms with E-state index in [1.54, 1.807) is 0 Å². The summed E-state index contributed by atoms with van der Waals surface area (Å²) in [6.07, 6.45) is -4.62. The molecule has 0 fully saturated rings. The van der Waals surface area contributed by atoms with Crippen LogP contribution in [0.4, 0.5) is 13.2 Å². The van der Waals surface area contributed by atoms with Crippen LogP contribution in [0.5, 0.6) is 5.75 Å². The van der Waals surface area contributed by atoms with Crippen molar-refractivity contribution in [1.82, 2.24) is 0 Å². The number of carbonyl (C=O) groups is 1. The first-order valence-corrected chi connectivity index (χ1v) is 5.02. The molecule has 0 unspecified atom stereocenters. The second-order valence-electron chi connectivity index (χ2n) is 3.08. The summed E-state index contributed by atoms with van der Waals surface area (Å²) in [7, 11) is 1.13. The number of alkyl halides is 3. The third kappa shape index (κ3) is 2.55. The smallest absolute Gasteiger partial charge is 0.420 e. The summed E-state index contributed by atoms with van der Waals surface area (Å²) in [4.78, 5) is 11.2. The Bertz CT molecular complexity index is 427. The molecular weight excluding hydrogens is 289 g/mol. The SMILES string of the molecule is COc1cc(Br)cc(C(C)=O)c1C(F)(F)F. The van der Waals surface area contributed by atoms with Crippen molar-refractivity contribution in [3.05, 3.63) is 27.7 Å². The van der Waals surface area contributed by atoms with Crippen molar-refractivity contribution in [2.75, 3.05) is 7.11 Å². The van der Waals surface area contributed by atoms with Crippen molar-refractivity contribution in [3.8, 4) is 5.75 Å². The van der Waals surface area contributed by atoms with E-state index < -0.39 is 23.1 Å². The molecule has 0 heterocycles. The lowest BCUT2D eigenvalue weighted by Crippen LogP contribution is -2.13. The van der Waals surface area contributed by atoms with Crippen LogP contribution >= 0.6 is 15.9 Å². The molecule has 0 atom stereocenters. The van der Waals surface area contributed by atoms with E-state index >= 15 is 0 Å². The Morgan fingerprint density at radius 3 is 2.31 bits per heavy atom. The number of hydrogen-bond donors (Lipinski definition) is 0. The largest absolute Gasteiger partial charge is 0.496 e. The van der Waals surface area contributed by atoms with Crippen LogP contribution < -0.4 is 4.74 Å². The standard InChI is InChI=1S/C10H8BrF3O2/c1-5(15)7-3-6(11)4-8(16-2)9(7)10(12,13)14/h3-4H,1-2H3. The quantitative estimate of drug-likeness (QED) is 0.778. The minimum absolute atomic E-state index is 0.363. The maximum Gasteiger partial charge on any atom is 0.420 e. The van der Waals surface area contributed by atoms with Gasteiger partial charge in [0.15, 0.2) is 5.78 Å². The first-order valence-electron chi connectivity index (χ1n) is 4.23. The maximum atomic E-state index is 12.7. The maximum absolute atomic E-state index is 12.7. The predicted octanol–water partition coefficient (Wildman–Crippen LogP) is 3.68. The minimum atomic E-state index is -4.62. The van der Waals surface area contributed by atoms with Crippen LogP contribution in [0.1, 0.15) is 22.8 Å². The molecule has 16 heavy (non-hydrogen) atoms. The van der Waals surface area contributed by atoms with Gasteiger partial charge in [-0.25, -0.2) is 0 Å². The number of benzene rings is 1. The molecule has 0 aliphatic rings. The van der Waals surface area contributed by atoms with Gasteiger partial charge < -0.3 is 4.74 Å². The van der Waals surface area contributed by atoms with Crippen molar-refractivity contribution in [2.24, 2.45) is 0 Å². The molecular formula is C10H8BrF3O2. The molecule has 0 amide bonds. The molecule has 1 aromatic rings. The highest BCUT2D eigenvalue weighted by molar-refractivity contribution is 9.10. The van der Waals surface area contributed by atoms with Crippen LogP contribution in [0.3, 0.4) is 0 Å². The number of carbonyl (C=O) groups excluding carboxylic acids is 1. The number of halogens is 4. The average molecular weight is 297 g/mol. The molecule has 0 aliphatic heterocycles. The van der Waals surface area contributed by atoms with Gasteiger partial charge in [0.1, 0.15) is 11.3 Å². The van der Waals surface area contributed by atoms with Crippen LogP contribution in [-0.2, 0) is 6.18 Å². The lowest BCUT2D eigenvalue weighted by atomic mass is 10.0. The molecule has 1 rings (SSSR count). The average Bonchev–Trinajstić information content (AvgIpc) is 2.14. The fraction of sp³-hybridized carbons (Fsp3) is 0.300. The summed E-state index contributed by atoms with van der Waals surface area (Å²) in [5.74, 6) is -1.03. The molecule has 0 radical (unpaired) electrons. The van der Waals surface area contributed by atoms with E-state index in [0.717, 1.165) is 20.1 Å².